The molecule has 160 valence electrons. The minimum absolute atomic E-state index is 0.0632. The second kappa shape index (κ2) is 10.0. The van der Waals surface area contributed by atoms with Gasteiger partial charge in [0.2, 0.25) is 5.91 Å². The van der Waals surface area contributed by atoms with Gasteiger partial charge < -0.3 is 10.0 Å². The van der Waals surface area contributed by atoms with Crippen molar-refractivity contribution >= 4 is 12.2 Å². The van der Waals surface area contributed by atoms with E-state index in [2.05, 4.69) is 25.4 Å². The fraction of sp³-hybridized carbons (Fsp3) is 0.833. The van der Waals surface area contributed by atoms with Crippen LogP contribution >= 0.6 is 0 Å². The number of rotatable bonds is 9. The molecule has 0 aromatic heterocycles. The molecule has 3 unspecified atom stereocenters. The molecule has 1 N–H and O–H groups in total. The van der Waals surface area contributed by atoms with E-state index in [1.54, 1.807) is 18.3 Å². The number of aliphatic hydroxyl groups is 1. The first-order valence-electron chi connectivity index (χ1n) is 11.4. The Bertz CT molecular complexity index is 565. The molecule has 4 heteroatoms. The molecule has 2 aliphatic carbocycles. The zero-order valence-corrected chi connectivity index (χ0v) is 18.7. The SMILES string of the molecule is C=C(C)CCC(O)(CN(/C=N\C)C(=O)C1CCCC(C)C1)C1(CC)CCCC1. The van der Waals surface area contributed by atoms with Crippen LogP contribution in [0, 0.1) is 17.3 Å². The molecule has 0 spiro atoms. The van der Waals surface area contributed by atoms with Gasteiger partial charge in [-0.2, -0.15) is 0 Å². The Morgan fingerprint density at radius 3 is 2.54 bits per heavy atom. The van der Waals surface area contributed by atoms with E-state index in [-0.39, 0.29) is 17.2 Å². The predicted molar refractivity (Wildman–Crippen MR) is 117 cm³/mol. The molecular formula is C24H42N2O2. The first kappa shape index (κ1) is 23.1. The van der Waals surface area contributed by atoms with Crippen LogP contribution in [0.2, 0.25) is 0 Å². The molecule has 0 aromatic carbocycles. The lowest BCUT2D eigenvalue weighted by atomic mass is 9.66. The lowest BCUT2D eigenvalue weighted by Crippen LogP contribution is -2.56. The standard InChI is InChI=1S/C24H42N2O2/c1-6-23(13-7-8-14-23)24(28,15-12-19(2)3)17-26(18-25-5)22(27)21-11-9-10-20(4)16-21/h18,20-21,28H,2,6-17H2,1,3-5H3/b25-18-. The molecule has 0 aliphatic heterocycles. The molecule has 0 aromatic rings. The van der Waals surface area contributed by atoms with E-state index in [0.29, 0.717) is 18.9 Å². The molecule has 1 amide bonds. The number of hydrogen-bond donors (Lipinski definition) is 1. The highest BCUT2D eigenvalue weighted by molar-refractivity contribution is 5.89. The second-order valence-corrected chi connectivity index (χ2v) is 9.64. The van der Waals surface area contributed by atoms with Crippen molar-refractivity contribution in [1.29, 1.82) is 0 Å². The summed E-state index contributed by atoms with van der Waals surface area (Å²) in [4.78, 5) is 19.3. The summed E-state index contributed by atoms with van der Waals surface area (Å²) >= 11 is 0. The monoisotopic (exact) mass is 390 g/mol. The summed E-state index contributed by atoms with van der Waals surface area (Å²) in [5.41, 5.74) is 0.0855. The first-order chi connectivity index (χ1) is 13.3. The lowest BCUT2D eigenvalue weighted by molar-refractivity contribution is -0.142. The third-order valence-corrected chi connectivity index (χ3v) is 7.45. The summed E-state index contributed by atoms with van der Waals surface area (Å²) < 4.78 is 0. The van der Waals surface area contributed by atoms with Crippen LogP contribution in [0.3, 0.4) is 0 Å². The van der Waals surface area contributed by atoms with Crippen LogP contribution in [0.25, 0.3) is 0 Å². The molecule has 28 heavy (non-hydrogen) atoms. The van der Waals surface area contributed by atoms with E-state index in [1.807, 2.05) is 6.92 Å². The second-order valence-electron chi connectivity index (χ2n) is 9.64. The third-order valence-electron chi connectivity index (χ3n) is 7.45. The topological polar surface area (TPSA) is 52.9 Å². The zero-order valence-electron chi connectivity index (χ0n) is 18.7. The maximum atomic E-state index is 13.4. The van der Waals surface area contributed by atoms with Gasteiger partial charge in [-0.05, 0) is 57.8 Å². The van der Waals surface area contributed by atoms with Gasteiger partial charge in [-0.3, -0.25) is 9.79 Å². The number of hydrogen-bond acceptors (Lipinski definition) is 3. The molecule has 2 saturated carbocycles. The molecule has 4 nitrogen and oxygen atoms in total. The third kappa shape index (κ3) is 5.25. The summed E-state index contributed by atoms with van der Waals surface area (Å²) in [7, 11) is 1.71. The Morgan fingerprint density at radius 2 is 2.00 bits per heavy atom. The number of aliphatic imine (C=N–C) groups is 1. The quantitative estimate of drug-likeness (QED) is 0.327. The molecule has 2 fully saturated rings. The Labute approximate surface area is 172 Å². The summed E-state index contributed by atoms with van der Waals surface area (Å²) in [5.74, 6) is 0.811. The normalized spacial score (nSPS) is 26.9. The van der Waals surface area contributed by atoms with Crippen LogP contribution in [-0.4, -0.2) is 41.4 Å². The van der Waals surface area contributed by atoms with E-state index < -0.39 is 5.60 Å². The summed E-state index contributed by atoms with van der Waals surface area (Å²) in [5, 5.41) is 12.0. The van der Waals surface area contributed by atoms with Gasteiger partial charge in [-0.25, -0.2) is 0 Å². The largest absolute Gasteiger partial charge is 0.387 e. The van der Waals surface area contributed by atoms with Gasteiger partial charge in [0.1, 0.15) is 0 Å². The molecular weight excluding hydrogens is 348 g/mol. The number of carbonyl (C=O) groups is 1. The van der Waals surface area contributed by atoms with Crippen LogP contribution < -0.4 is 0 Å². The van der Waals surface area contributed by atoms with E-state index in [4.69, 9.17) is 0 Å². The molecule has 0 radical (unpaired) electrons. The Hall–Kier alpha value is -1.16. The Balaban J connectivity index is 2.27. The van der Waals surface area contributed by atoms with Crippen LogP contribution in [0.15, 0.2) is 17.1 Å². The van der Waals surface area contributed by atoms with Crippen molar-refractivity contribution in [2.75, 3.05) is 13.6 Å². The highest BCUT2D eigenvalue weighted by atomic mass is 16.3. The van der Waals surface area contributed by atoms with Gasteiger partial charge in [0.05, 0.1) is 18.5 Å². The van der Waals surface area contributed by atoms with Crippen LogP contribution in [0.1, 0.15) is 91.4 Å². The van der Waals surface area contributed by atoms with Gasteiger partial charge in [0, 0.05) is 18.4 Å². The highest BCUT2D eigenvalue weighted by Gasteiger charge is 2.51. The first-order valence-corrected chi connectivity index (χ1v) is 11.4. The zero-order chi connectivity index (χ0) is 20.8. The molecule has 2 rings (SSSR count). The lowest BCUT2D eigenvalue weighted by Gasteiger charge is -2.47. The molecule has 0 heterocycles. The van der Waals surface area contributed by atoms with Crippen molar-refractivity contribution in [2.24, 2.45) is 22.2 Å². The maximum Gasteiger partial charge on any atom is 0.230 e. The van der Waals surface area contributed by atoms with Gasteiger partial charge in [-0.1, -0.05) is 45.1 Å². The Kier molecular flexibility index (Phi) is 8.30. The number of carbonyl (C=O) groups excluding carboxylic acids is 1. The van der Waals surface area contributed by atoms with Crippen molar-refractivity contribution in [2.45, 2.75) is 97.0 Å². The number of allylic oxidation sites excluding steroid dienone is 1. The number of amides is 1. The summed E-state index contributed by atoms with van der Waals surface area (Å²) in [6, 6.07) is 0. The Morgan fingerprint density at radius 1 is 1.32 bits per heavy atom. The van der Waals surface area contributed by atoms with Crippen LogP contribution in [0.5, 0.6) is 0 Å². The van der Waals surface area contributed by atoms with Gasteiger partial charge in [0.15, 0.2) is 0 Å². The van der Waals surface area contributed by atoms with Crippen molar-refractivity contribution in [3.05, 3.63) is 12.2 Å². The predicted octanol–water partition coefficient (Wildman–Crippen LogP) is 5.36. The van der Waals surface area contributed by atoms with Crippen molar-refractivity contribution in [3.63, 3.8) is 0 Å². The van der Waals surface area contributed by atoms with E-state index in [1.165, 1.54) is 19.3 Å². The molecule has 2 aliphatic rings. The minimum atomic E-state index is -0.895. The molecule has 0 bridgehead atoms. The van der Waals surface area contributed by atoms with E-state index in [9.17, 15) is 9.90 Å². The van der Waals surface area contributed by atoms with Gasteiger partial charge in [-0.15, -0.1) is 6.58 Å². The smallest absolute Gasteiger partial charge is 0.230 e. The van der Waals surface area contributed by atoms with Crippen molar-refractivity contribution in [3.8, 4) is 0 Å². The van der Waals surface area contributed by atoms with Crippen molar-refractivity contribution in [1.82, 2.24) is 4.90 Å². The number of nitrogens with zero attached hydrogens (tertiary/aromatic N) is 2. The van der Waals surface area contributed by atoms with E-state index in [0.717, 1.165) is 50.5 Å². The molecule has 0 saturated heterocycles. The van der Waals surface area contributed by atoms with Crippen LogP contribution in [0.4, 0.5) is 0 Å². The fourth-order valence-corrected chi connectivity index (χ4v) is 5.62. The minimum Gasteiger partial charge on any atom is -0.387 e. The average Bonchev–Trinajstić information content (AvgIpc) is 3.16. The van der Waals surface area contributed by atoms with Crippen molar-refractivity contribution < 1.29 is 9.90 Å². The fourth-order valence-electron chi connectivity index (χ4n) is 5.62. The highest BCUT2D eigenvalue weighted by Crippen LogP contribution is 2.51. The summed E-state index contributed by atoms with van der Waals surface area (Å²) in [6.07, 6.45) is 12.7. The molecule has 3 atom stereocenters. The van der Waals surface area contributed by atoms with E-state index >= 15 is 0 Å². The van der Waals surface area contributed by atoms with Gasteiger partial charge >= 0.3 is 0 Å². The average molecular weight is 391 g/mol. The summed E-state index contributed by atoms with van der Waals surface area (Å²) in [6.45, 7) is 10.9. The maximum absolute atomic E-state index is 13.4. The van der Waals surface area contributed by atoms with Gasteiger partial charge in [0.25, 0.3) is 0 Å². The van der Waals surface area contributed by atoms with Crippen LogP contribution in [-0.2, 0) is 4.79 Å².